The molecule has 1 aromatic carbocycles. The van der Waals surface area contributed by atoms with Crippen molar-refractivity contribution in [2.75, 3.05) is 0 Å². The van der Waals surface area contributed by atoms with Crippen molar-refractivity contribution < 1.29 is 14.6 Å². The van der Waals surface area contributed by atoms with E-state index in [1.807, 2.05) is 0 Å². The second-order valence-corrected chi connectivity index (χ2v) is 2.99. The van der Waals surface area contributed by atoms with Gasteiger partial charge in [0.15, 0.2) is 6.10 Å². The number of rotatable bonds is 3. The first kappa shape index (κ1) is 9.86. The Morgan fingerprint density at radius 2 is 2.31 bits per heavy atom. The summed E-state index contributed by atoms with van der Waals surface area (Å²) < 4.78 is 5.07. The van der Waals surface area contributed by atoms with Gasteiger partial charge in [0, 0.05) is 5.02 Å². The third-order valence-corrected chi connectivity index (χ3v) is 1.69. The van der Waals surface area contributed by atoms with Gasteiger partial charge in [-0.15, -0.1) is 0 Å². The van der Waals surface area contributed by atoms with Gasteiger partial charge in [-0.3, -0.25) is 0 Å². The van der Waals surface area contributed by atoms with Gasteiger partial charge < -0.3 is 9.84 Å². The SMILES string of the molecule is C[C@@H](Oc1cccc(Cl)c1)C(=O)O. The van der Waals surface area contributed by atoms with Gasteiger partial charge in [-0.1, -0.05) is 17.7 Å². The zero-order chi connectivity index (χ0) is 9.84. The van der Waals surface area contributed by atoms with Gasteiger partial charge in [0.1, 0.15) is 5.75 Å². The molecule has 0 heterocycles. The third kappa shape index (κ3) is 2.95. The number of carbonyl (C=O) groups is 1. The molecule has 0 saturated heterocycles. The topological polar surface area (TPSA) is 46.5 Å². The summed E-state index contributed by atoms with van der Waals surface area (Å²) in [6.07, 6.45) is -0.863. The van der Waals surface area contributed by atoms with E-state index in [-0.39, 0.29) is 0 Å². The van der Waals surface area contributed by atoms with E-state index in [1.165, 1.54) is 6.92 Å². The predicted octanol–water partition coefficient (Wildman–Crippen LogP) is 2.19. The van der Waals surface area contributed by atoms with Crippen molar-refractivity contribution in [1.29, 1.82) is 0 Å². The van der Waals surface area contributed by atoms with Crippen LogP contribution in [0.15, 0.2) is 24.3 Å². The highest BCUT2D eigenvalue weighted by Gasteiger charge is 2.11. The zero-order valence-corrected chi connectivity index (χ0v) is 7.78. The van der Waals surface area contributed by atoms with E-state index < -0.39 is 12.1 Å². The summed E-state index contributed by atoms with van der Waals surface area (Å²) in [5.74, 6) is -0.539. The van der Waals surface area contributed by atoms with Gasteiger partial charge in [-0.2, -0.15) is 0 Å². The summed E-state index contributed by atoms with van der Waals surface area (Å²) in [4.78, 5) is 10.4. The fourth-order valence-electron chi connectivity index (χ4n) is 0.795. The van der Waals surface area contributed by atoms with Crippen LogP contribution in [0.5, 0.6) is 5.75 Å². The second kappa shape index (κ2) is 4.14. The molecule has 1 aromatic rings. The van der Waals surface area contributed by atoms with Crippen molar-refractivity contribution in [2.24, 2.45) is 0 Å². The van der Waals surface area contributed by atoms with Crippen LogP contribution in [0.25, 0.3) is 0 Å². The number of benzene rings is 1. The second-order valence-electron chi connectivity index (χ2n) is 2.56. The molecule has 0 unspecified atom stereocenters. The number of halogens is 1. The van der Waals surface area contributed by atoms with E-state index in [9.17, 15) is 4.79 Å². The number of ether oxygens (including phenoxy) is 1. The molecule has 0 aliphatic heterocycles. The molecule has 1 N–H and O–H groups in total. The van der Waals surface area contributed by atoms with Crippen LogP contribution in [-0.4, -0.2) is 17.2 Å². The number of carboxylic acid groups (broad SMARTS) is 1. The summed E-state index contributed by atoms with van der Waals surface area (Å²) in [6, 6.07) is 6.62. The Labute approximate surface area is 80.9 Å². The lowest BCUT2D eigenvalue weighted by Gasteiger charge is -2.09. The Morgan fingerprint density at radius 3 is 2.85 bits per heavy atom. The smallest absolute Gasteiger partial charge is 0.344 e. The van der Waals surface area contributed by atoms with Gasteiger partial charge in [-0.05, 0) is 25.1 Å². The Bertz CT molecular complexity index is 311. The number of carboxylic acids is 1. The fourth-order valence-corrected chi connectivity index (χ4v) is 0.975. The lowest BCUT2D eigenvalue weighted by molar-refractivity contribution is -0.144. The molecule has 13 heavy (non-hydrogen) atoms. The van der Waals surface area contributed by atoms with E-state index in [4.69, 9.17) is 21.4 Å². The van der Waals surface area contributed by atoms with E-state index in [1.54, 1.807) is 24.3 Å². The first-order valence-electron chi connectivity index (χ1n) is 3.74. The molecule has 1 atom stereocenters. The number of hydrogen-bond acceptors (Lipinski definition) is 2. The summed E-state index contributed by atoms with van der Waals surface area (Å²) in [7, 11) is 0. The molecule has 0 aromatic heterocycles. The number of hydrogen-bond donors (Lipinski definition) is 1. The maximum Gasteiger partial charge on any atom is 0.344 e. The molecule has 3 nitrogen and oxygen atoms in total. The average molecular weight is 201 g/mol. The molecule has 4 heteroatoms. The minimum atomic E-state index is -1.00. The van der Waals surface area contributed by atoms with E-state index in [0.717, 1.165) is 0 Å². The molecule has 0 saturated carbocycles. The van der Waals surface area contributed by atoms with Crippen molar-refractivity contribution in [3.63, 3.8) is 0 Å². The van der Waals surface area contributed by atoms with Crippen molar-refractivity contribution in [3.05, 3.63) is 29.3 Å². The van der Waals surface area contributed by atoms with Gasteiger partial charge in [0.2, 0.25) is 0 Å². The summed E-state index contributed by atoms with van der Waals surface area (Å²) in [6.45, 7) is 1.46. The van der Waals surface area contributed by atoms with E-state index >= 15 is 0 Å². The first-order valence-corrected chi connectivity index (χ1v) is 4.12. The van der Waals surface area contributed by atoms with Crippen LogP contribution >= 0.6 is 11.6 Å². The molecule has 0 radical (unpaired) electrons. The molecule has 70 valence electrons. The summed E-state index contributed by atoms with van der Waals surface area (Å²) >= 11 is 5.68. The van der Waals surface area contributed by atoms with Crippen LogP contribution in [0.4, 0.5) is 0 Å². The molecule has 0 aliphatic carbocycles. The van der Waals surface area contributed by atoms with Crippen LogP contribution in [0.1, 0.15) is 6.92 Å². The summed E-state index contributed by atoms with van der Waals surface area (Å²) in [5.41, 5.74) is 0. The van der Waals surface area contributed by atoms with Crippen LogP contribution in [0.2, 0.25) is 5.02 Å². The van der Waals surface area contributed by atoms with Gasteiger partial charge in [0.25, 0.3) is 0 Å². The quantitative estimate of drug-likeness (QED) is 0.814. The Kier molecular flexibility index (Phi) is 3.14. The Morgan fingerprint density at radius 1 is 1.62 bits per heavy atom. The van der Waals surface area contributed by atoms with E-state index in [2.05, 4.69) is 0 Å². The molecule has 0 amide bonds. The highest BCUT2D eigenvalue weighted by atomic mass is 35.5. The third-order valence-electron chi connectivity index (χ3n) is 1.46. The molecular weight excluding hydrogens is 192 g/mol. The minimum Gasteiger partial charge on any atom is -0.479 e. The van der Waals surface area contributed by atoms with E-state index in [0.29, 0.717) is 10.8 Å². The molecule has 0 fully saturated rings. The molecule has 0 spiro atoms. The first-order chi connectivity index (χ1) is 6.09. The lowest BCUT2D eigenvalue weighted by Crippen LogP contribution is -2.22. The number of aliphatic carboxylic acids is 1. The van der Waals surface area contributed by atoms with Gasteiger partial charge >= 0.3 is 5.97 Å². The summed E-state index contributed by atoms with van der Waals surface area (Å²) in [5, 5.41) is 9.08. The maximum atomic E-state index is 10.4. The van der Waals surface area contributed by atoms with Crippen LogP contribution in [0, 0.1) is 0 Å². The predicted molar refractivity (Wildman–Crippen MR) is 49.2 cm³/mol. The molecular formula is C9H9ClO3. The van der Waals surface area contributed by atoms with Crippen molar-refractivity contribution in [3.8, 4) is 5.75 Å². The highest BCUT2D eigenvalue weighted by molar-refractivity contribution is 6.30. The van der Waals surface area contributed by atoms with Crippen molar-refractivity contribution >= 4 is 17.6 Å². The Balaban J connectivity index is 2.69. The Hall–Kier alpha value is -1.22. The minimum absolute atomic E-state index is 0.461. The van der Waals surface area contributed by atoms with Gasteiger partial charge in [-0.25, -0.2) is 4.79 Å². The molecule has 0 bridgehead atoms. The fraction of sp³-hybridized carbons (Fsp3) is 0.222. The normalized spacial score (nSPS) is 12.2. The molecule has 1 rings (SSSR count). The zero-order valence-electron chi connectivity index (χ0n) is 7.03. The highest BCUT2D eigenvalue weighted by Crippen LogP contribution is 2.18. The largest absolute Gasteiger partial charge is 0.479 e. The lowest BCUT2D eigenvalue weighted by atomic mass is 10.3. The van der Waals surface area contributed by atoms with Crippen LogP contribution in [0.3, 0.4) is 0 Å². The average Bonchev–Trinajstić information content (AvgIpc) is 2.04. The monoisotopic (exact) mass is 200 g/mol. The van der Waals surface area contributed by atoms with Crippen LogP contribution in [-0.2, 0) is 4.79 Å². The molecule has 0 aliphatic rings. The van der Waals surface area contributed by atoms with Crippen molar-refractivity contribution in [2.45, 2.75) is 13.0 Å². The maximum absolute atomic E-state index is 10.4. The van der Waals surface area contributed by atoms with Crippen molar-refractivity contribution in [1.82, 2.24) is 0 Å². The van der Waals surface area contributed by atoms with Gasteiger partial charge in [0.05, 0.1) is 0 Å². The standard InChI is InChI=1S/C9H9ClO3/c1-6(9(11)12)13-8-4-2-3-7(10)5-8/h2-6H,1H3,(H,11,12)/t6-/m1/s1. The van der Waals surface area contributed by atoms with Crippen LogP contribution < -0.4 is 4.74 Å².